The smallest absolute Gasteiger partial charge is 0.221 e. The predicted molar refractivity (Wildman–Crippen MR) is 68.5 cm³/mol. The summed E-state index contributed by atoms with van der Waals surface area (Å²) in [6.45, 7) is 0.833. The maximum absolute atomic E-state index is 11.7. The molecular weight excluding hydrogens is 220 g/mol. The first-order valence-corrected chi connectivity index (χ1v) is 7.40. The van der Waals surface area contributed by atoms with Gasteiger partial charge >= 0.3 is 0 Å². The van der Waals surface area contributed by atoms with E-state index in [0.29, 0.717) is 11.7 Å². The predicted octanol–water partition coefficient (Wildman–Crippen LogP) is 1.66. The molecule has 0 aromatic rings. The van der Waals surface area contributed by atoms with Crippen LogP contribution in [-0.2, 0) is 4.79 Å². The van der Waals surface area contributed by atoms with Crippen LogP contribution in [0.4, 0.5) is 0 Å². The molecule has 92 valence electrons. The third-order valence-electron chi connectivity index (χ3n) is 3.66. The highest BCUT2D eigenvalue weighted by atomic mass is 32.2. The van der Waals surface area contributed by atoms with Crippen molar-refractivity contribution in [1.82, 2.24) is 5.32 Å². The van der Waals surface area contributed by atoms with Crippen molar-refractivity contribution >= 4 is 17.7 Å². The summed E-state index contributed by atoms with van der Waals surface area (Å²) in [5.41, 5.74) is 5.87. The van der Waals surface area contributed by atoms with E-state index in [2.05, 4.69) is 5.32 Å². The van der Waals surface area contributed by atoms with Gasteiger partial charge in [-0.25, -0.2) is 0 Å². The van der Waals surface area contributed by atoms with Gasteiger partial charge in [-0.1, -0.05) is 6.42 Å². The Morgan fingerprint density at radius 1 is 1.38 bits per heavy atom. The van der Waals surface area contributed by atoms with Crippen LogP contribution in [0.5, 0.6) is 0 Å². The SMILES string of the molecule is NC1(CC(=O)NCC2CCCCS2)CCC1. The topological polar surface area (TPSA) is 55.1 Å². The lowest BCUT2D eigenvalue weighted by Gasteiger charge is -2.37. The fourth-order valence-corrected chi connectivity index (χ4v) is 3.62. The molecule has 1 heterocycles. The molecule has 2 aliphatic rings. The van der Waals surface area contributed by atoms with E-state index in [0.717, 1.165) is 19.4 Å². The Labute approximate surface area is 102 Å². The summed E-state index contributed by atoms with van der Waals surface area (Å²) in [4.78, 5) is 11.7. The van der Waals surface area contributed by atoms with Crippen LogP contribution in [0, 0.1) is 0 Å². The maximum atomic E-state index is 11.7. The second kappa shape index (κ2) is 5.41. The third kappa shape index (κ3) is 3.39. The van der Waals surface area contributed by atoms with Gasteiger partial charge in [0.2, 0.25) is 5.91 Å². The largest absolute Gasteiger partial charge is 0.355 e. The molecule has 1 amide bonds. The van der Waals surface area contributed by atoms with Crippen molar-refractivity contribution < 1.29 is 4.79 Å². The van der Waals surface area contributed by atoms with Gasteiger partial charge in [0.05, 0.1) is 0 Å². The fraction of sp³-hybridized carbons (Fsp3) is 0.917. The highest BCUT2D eigenvalue weighted by molar-refractivity contribution is 7.99. The second-order valence-corrected chi connectivity index (χ2v) is 6.59. The van der Waals surface area contributed by atoms with Crippen molar-refractivity contribution in [3.8, 4) is 0 Å². The van der Waals surface area contributed by atoms with E-state index in [1.165, 1.54) is 31.4 Å². The molecule has 2 fully saturated rings. The van der Waals surface area contributed by atoms with Crippen LogP contribution < -0.4 is 11.1 Å². The zero-order valence-electron chi connectivity index (χ0n) is 9.84. The molecule has 1 saturated carbocycles. The summed E-state index contributed by atoms with van der Waals surface area (Å²) in [5.74, 6) is 1.40. The van der Waals surface area contributed by atoms with Crippen LogP contribution in [0.1, 0.15) is 44.9 Å². The zero-order valence-corrected chi connectivity index (χ0v) is 10.7. The number of hydrogen-bond donors (Lipinski definition) is 2. The lowest BCUT2D eigenvalue weighted by atomic mass is 9.75. The number of carbonyl (C=O) groups is 1. The molecule has 0 aromatic carbocycles. The van der Waals surface area contributed by atoms with E-state index in [4.69, 9.17) is 5.73 Å². The second-order valence-electron chi connectivity index (χ2n) is 5.19. The molecule has 1 unspecified atom stereocenters. The van der Waals surface area contributed by atoms with E-state index in [-0.39, 0.29) is 11.4 Å². The number of amides is 1. The van der Waals surface area contributed by atoms with Crippen molar-refractivity contribution in [3.05, 3.63) is 0 Å². The number of nitrogens with two attached hydrogens (primary N) is 1. The van der Waals surface area contributed by atoms with Gasteiger partial charge < -0.3 is 11.1 Å². The van der Waals surface area contributed by atoms with Gasteiger partial charge in [0.1, 0.15) is 0 Å². The number of thioether (sulfide) groups is 1. The van der Waals surface area contributed by atoms with Gasteiger partial charge in [0.25, 0.3) is 0 Å². The van der Waals surface area contributed by atoms with E-state index in [9.17, 15) is 4.79 Å². The average molecular weight is 242 g/mol. The van der Waals surface area contributed by atoms with E-state index in [1.807, 2.05) is 11.8 Å². The molecule has 1 atom stereocenters. The lowest BCUT2D eigenvalue weighted by Crippen LogP contribution is -2.50. The van der Waals surface area contributed by atoms with Gasteiger partial charge in [-0.2, -0.15) is 11.8 Å². The van der Waals surface area contributed by atoms with Gasteiger partial charge in [-0.05, 0) is 37.9 Å². The molecule has 0 radical (unpaired) electrons. The number of nitrogens with one attached hydrogen (secondary N) is 1. The Balaban J connectivity index is 1.63. The lowest BCUT2D eigenvalue weighted by molar-refractivity contribution is -0.122. The van der Waals surface area contributed by atoms with Crippen molar-refractivity contribution in [3.63, 3.8) is 0 Å². The highest BCUT2D eigenvalue weighted by Crippen LogP contribution is 2.32. The quantitative estimate of drug-likeness (QED) is 0.788. The first kappa shape index (κ1) is 12.2. The molecule has 3 N–H and O–H groups in total. The van der Waals surface area contributed by atoms with E-state index >= 15 is 0 Å². The standard InChI is InChI=1S/C12H22N2OS/c13-12(5-3-6-12)8-11(15)14-9-10-4-1-2-7-16-10/h10H,1-9,13H2,(H,14,15). The third-order valence-corrected chi connectivity index (χ3v) is 5.06. The molecule has 1 saturated heterocycles. The van der Waals surface area contributed by atoms with Crippen LogP contribution in [0.15, 0.2) is 0 Å². The molecule has 1 aliphatic heterocycles. The van der Waals surface area contributed by atoms with Gasteiger partial charge in [0.15, 0.2) is 0 Å². The minimum Gasteiger partial charge on any atom is -0.355 e. The minimum absolute atomic E-state index is 0.147. The number of hydrogen-bond acceptors (Lipinski definition) is 3. The zero-order chi connectivity index (χ0) is 11.4. The maximum Gasteiger partial charge on any atom is 0.221 e. The minimum atomic E-state index is -0.177. The van der Waals surface area contributed by atoms with Crippen LogP contribution >= 0.6 is 11.8 Å². The summed E-state index contributed by atoms with van der Waals surface area (Å²) in [6.07, 6.45) is 7.62. The number of carbonyl (C=O) groups excluding carboxylic acids is 1. The fourth-order valence-electron chi connectivity index (χ4n) is 2.39. The van der Waals surface area contributed by atoms with Crippen LogP contribution in [0.3, 0.4) is 0 Å². The van der Waals surface area contributed by atoms with Gasteiger partial charge in [-0.3, -0.25) is 4.79 Å². The normalized spacial score (nSPS) is 28.2. The number of rotatable bonds is 4. The summed E-state index contributed by atoms with van der Waals surface area (Å²) in [6, 6.07) is 0. The van der Waals surface area contributed by atoms with E-state index < -0.39 is 0 Å². The van der Waals surface area contributed by atoms with Gasteiger partial charge in [-0.15, -0.1) is 0 Å². The van der Waals surface area contributed by atoms with Gasteiger partial charge in [0, 0.05) is 23.8 Å². The summed E-state index contributed by atoms with van der Waals surface area (Å²) in [5, 5.41) is 3.67. The van der Waals surface area contributed by atoms with Crippen LogP contribution in [-0.4, -0.2) is 29.0 Å². The Bertz CT molecular complexity index is 247. The van der Waals surface area contributed by atoms with Crippen molar-refractivity contribution in [2.75, 3.05) is 12.3 Å². The van der Waals surface area contributed by atoms with Crippen molar-refractivity contribution in [2.45, 2.75) is 55.7 Å². The first-order valence-electron chi connectivity index (χ1n) is 6.35. The molecular formula is C12H22N2OS. The molecule has 0 bridgehead atoms. The molecule has 0 spiro atoms. The molecule has 0 aromatic heterocycles. The summed E-state index contributed by atoms with van der Waals surface area (Å²) in [7, 11) is 0. The van der Waals surface area contributed by atoms with Crippen LogP contribution in [0.2, 0.25) is 0 Å². The average Bonchev–Trinajstić information content (AvgIpc) is 2.26. The van der Waals surface area contributed by atoms with Crippen molar-refractivity contribution in [2.24, 2.45) is 5.73 Å². The first-order chi connectivity index (χ1) is 7.68. The Morgan fingerprint density at radius 3 is 2.75 bits per heavy atom. The highest BCUT2D eigenvalue weighted by Gasteiger charge is 2.34. The molecule has 3 nitrogen and oxygen atoms in total. The Morgan fingerprint density at radius 2 is 2.19 bits per heavy atom. The summed E-state index contributed by atoms with van der Waals surface area (Å²) >= 11 is 2.00. The summed E-state index contributed by atoms with van der Waals surface area (Å²) < 4.78 is 0. The van der Waals surface area contributed by atoms with Crippen molar-refractivity contribution in [1.29, 1.82) is 0 Å². The Hall–Kier alpha value is -0.220. The molecule has 1 aliphatic carbocycles. The Kier molecular flexibility index (Phi) is 4.14. The monoisotopic (exact) mass is 242 g/mol. The van der Waals surface area contributed by atoms with E-state index in [1.54, 1.807) is 0 Å². The molecule has 16 heavy (non-hydrogen) atoms. The molecule has 2 rings (SSSR count). The van der Waals surface area contributed by atoms with Crippen LogP contribution in [0.25, 0.3) is 0 Å². The molecule has 4 heteroatoms.